The van der Waals surface area contributed by atoms with E-state index in [2.05, 4.69) is 9.97 Å². The second-order valence-corrected chi connectivity index (χ2v) is 3.37. The number of rotatable bonds is 2. The predicted octanol–water partition coefficient (Wildman–Crippen LogP) is 2.93. The first-order chi connectivity index (χ1) is 8.20. The van der Waals surface area contributed by atoms with Crippen LogP contribution in [0.3, 0.4) is 0 Å². The van der Waals surface area contributed by atoms with Gasteiger partial charge in [-0.25, -0.2) is 14.4 Å². The Morgan fingerprint density at radius 2 is 2.06 bits per heavy atom. The van der Waals surface area contributed by atoms with Gasteiger partial charge in [0, 0.05) is 12.4 Å². The summed E-state index contributed by atoms with van der Waals surface area (Å²) in [5.41, 5.74) is 0.208. The van der Waals surface area contributed by atoms with Crippen LogP contribution in [0.1, 0.15) is 5.56 Å². The van der Waals surface area contributed by atoms with Gasteiger partial charge in [-0.2, -0.15) is 5.26 Å². The topological polar surface area (TPSA) is 58.8 Å². The van der Waals surface area contributed by atoms with Crippen molar-refractivity contribution in [1.29, 1.82) is 5.26 Å². The van der Waals surface area contributed by atoms with Crippen LogP contribution in [-0.4, -0.2) is 9.97 Å². The van der Waals surface area contributed by atoms with E-state index in [1.807, 2.05) is 6.07 Å². The molecule has 1 aromatic carbocycles. The maximum Gasteiger partial charge on any atom is 0.257 e. The molecule has 0 saturated heterocycles. The lowest BCUT2D eigenvalue weighted by atomic mass is 10.2. The third kappa shape index (κ3) is 2.49. The highest BCUT2D eigenvalue weighted by Gasteiger charge is 2.09. The van der Waals surface area contributed by atoms with Crippen molar-refractivity contribution in [3.8, 4) is 17.7 Å². The van der Waals surface area contributed by atoms with Crippen molar-refractivity contribution >= 4 is 11.6 Å². The molecule has 0 fully saturated rings. The number of nitrogens with zero attached hydrogens (tertiary/aromatic N) is 3. The van der Waals surface area contributed by atoms with Crippen molar-refractivity contribution in [2.24, 2.45) is 0 Å². The average molecular weight is 250 g/mol. The molecule has 1 aromatic heterocycles. The van der Waals surface area contributed by atoms with E-state index in [1.165, 1.54) is 24.5 Å². The lowest BCUT2D eigenvalue weighted by Gasteiger charge is -2.06. The van der Waals surface area contributed by atoms with Crippen molar-refractivity contribution in [3.05, 3.63) is 47.1 Å². The van der Waals surface area contributed by atoms with Crippen molar-refractivity contribution in [2.75, 3.05) is 0 Å². The van der Waals surface area contributed by atoms with Crippen molar-refractivity contribution < 1.29 is 9.13 Å². The highest BCUT2D eigenvalue weighted by atomic mass is 35.5. The van der Waals surface area contributed by atoms with Gasteiger partial charge in [0.2, 0.25) is 0 Å². The molecule has 2 aromatic rings. The van der Waals surface area contributed by atoms with Gasteiger partial charge in [0.05, 0.1) is 11.6 Å². The fourth-order valence-electron chi connectivity index (χ4n) is 1.13. The van der Waals surface area contributed by atoms with E-state index in [4.69, 9.17) is 21.6 Å². The largest absolute Gasteiger partial charge is 0.433 e. The van der Waals surface area contributed by atoms with Crippen LogP contribution >= 0.6 is 11.6 Å². The van der Waals surface area contributed by atoms with E-state index in [0.29, 0.717) is 0 Å². The Labute approximate surface area is 101 Å². The van der Waals surface area contributed by atoms with Crippen LogP contribution in [0.4, 0.5) is 4.39 Å². The zero-order valence-corrected chi connectivity index (χ0v) is 9.15. The highest BCUT2D eigenvalue weighted by molar-refractivity contribution is 6.30. The Bertz CT molecular complexity index is 598. The first-order valence-corrected chi connectivity index (χ1v) is 4.92. The quantitative estimate of drug-likeness (QED) is 0.821. The van der Waals surface area contributed by atoms with Crippen LogP contribution in [0, 0.1) is 17.1 Å². The summed E-state index contributed by atoms with van der Waals surface area (Å²) in [6, 6.07) is 5.66. The third-order valence-electron chi connectivity index (χ3n) is 1.89. The second-order valence-electron chi connectivity index (χ2n) is 3.01. The predicted molar refractivity (Wildman–Crippen MR) is 58.2 cm³/mol. The molecule has 2 rings (SSSR count). The van der Waals surface area contributed by atoms with E-state index >= 15 is 0 Å². The first-order valence-electron chi connectivity index (χ1n) is 4.54. The molecule has 0 atom stereocenters. The minimum Gasteiger partial charge on any atom is -0.433 e. The molecule has 0 spiro atoms. The van der Waals surface area contributed by atoms with Crippen LogP contribution in [0.25, 0.3) is 0 Å². The molecule has 0 aliphatic carbocycles. The molecule has 17 heavy (non-hydrogen) atoms. The van der Waals surface area contributed by atoms with Gasteiger partial charge >= 0.3 is 0 Å². The van der Waals surface area contributed by atoms with E-state index in [-0.39, 0.29) is 22.3 Å². The molecule has 6 heteroatoms. The Morgan fingerprint density at radius 3 is 2.71 bits per heavy atom. The molecule has 0 saturated carbocycles. The Morgan fingerprint density at radius 1 is 1.29 bits per heavy atom. The Hall–Kier alpha value is -2.19. The van der Waals surface area contributed by atoms with Gasteiger partial charge in [-0.1, -0.05) is 11.6 Å². The SMILES string of the molecule is N#Cc1ccc(Oc2nccnc2Cl)c(F)c1. The molecular formula is C11H5ClFN3O. The molecule has 1 heterocycles. The summed E-state index contributed by atoms with van der Waals surface area (Å²) in [5.74, 6) is -0.713. The summed E-state index contributed by atoms with van der Waals surface area (Å²) < 4.78 is 18.6. The van der Waals surface area contributed by atoms with Crippen LogP contribution in [-0.2, 0) is 0 Å². The highest BCUT2D eigenvalue weighted by Crippen LogP contribution is 2.27. The van der Waals surface area contributed by atoms with E-state index in [0.717, 1.165) is 6.07 Å². The van der Waals surface area contributed by atoms with Crippen LogP contribution < -0.4 is 4.74 Å². The molecule has 0 N–H and O–H groups in total. The molecule has 0 bridgehead atoms. The standard InChI is InChI=1S/C11H5ClFN3O/c12-10-11(16-4-3-15-10)17-9-2-1-7(6-14)5-8(9)13/h1-5H. The zero-order chi connectivity index (χ0) is 12.3. The van der Waals surface area contributed by atoms with Gasteiger partial charge in [-0.05, 0) is 18.2 Å². The third-order valence-corrected chi connectivity index (χ3v) is 2.15. The summed E-state index contributed by atoms with van der Waals surface area (Å²) in [4.78, 5) is 7.55. The van der Waals surface area contributed by atoms with Gasteiger partial charge in [0.15, 0.2) is 16.7 Å². The van der Waals surface area contributed by atoms with E-state index in [9.17, 15) is 4.39 Å². The number of ether oxygens (including phenoxy) is 1. The summed E-state index contributed by atoms with van der Waals surface area (Å²) in [6.07, 6.45) is 2.77. The van der Waals surface area contributed by atoms with Crippen LogP contribution in [0.2, 0.25) is 5.15 Å². The molecule has 0 aliphatic heterocycles. The summed E-state index contributed by atoms with van der Waals surface area (Å²) >= 11 is 5.71. The minimum atomic E-state index is -0.661. The fraction of sp³-hybridized carbons (Fsp3) is 0. The molecule has 0 radical (unpaired) electrons. The number of aromatic nitrogens is 2. The zero-order valence-electron chi connectivity index (χ0n) is 8.39. The monoisotopic (exact) mass is 249 g/mol. The van der Waals surface area contributed by atoms with Gasteiger partial charge < -0.3 is 4.74 Å². The van der Waals surface area contributed by atoms with Gasteiger partial charge in [-0.3, -0.25) is 0 Å². The summed E-state index contributed by atoms with van der Waals surface area (Å²) in [6.45, 7) is 0. The fourth-order valence-corrected chi connectivity index (χ4v) is 1.28. The molecule has 4 nitrogen and oxygen atoms in total. The summed E-state index contributed by atoms with van der Waals surface area (Å²) in [7, 11) is 0. The van der Waals surface area contributed by atoms with E-state index in [1.54, 1.807) is 0 Å². The minimum absolute atomic E-state index is 0.0118. The number of halogens is 2. The maximum atomic E-state index is 13.5. The molecule has 0 amide bonds. The van der Waals surface area contributed by atoms with E-state index < -0.39 is 5.82 Å². The number of nitriles is 1. The number of benzene rings is 1. The van der Waals surface area contributed by atoms with Crippen molar-refractivity contribution in [1.82, 2.24) is 9.97 Å². The first kappa shape index (κ1) is 11.3. The normalized spacial score (nSPS) is 9.71. The molecule has 84 valence electrons. The number of hydrogen-bond acceptors (Lipinski definition) is 4. The summed E-state index contributed by atoms with van der Waals surface area (Å²) in [5, 5.41) is 8.62. The van der Waals surface area contributed by atoms with Gasteiger partial charge in [-0.15, -0.1) is 0 Å². The van der Waals surface area contributed by atoms with Gasteiger partial charge in [0.1, 0.15) is 0 Å². The van der Waals surface area contributed by atoms with Gasteiger partial charge in [0.25, 0.3) is 5.88 Å². The smallest absolute Gasteiger partial charge is 0.257 e. The Balaban J connectivity index is 2.32. The molecule has 0 aliphatic rings. The Kier molecular flexibility index (Phi) is 3.17. The van der Waals surface area contributed by atoms with Crippen molar-refractivity contribution in [2.45, 2.75) is 0 Å². The van der Waals surface area contributed by atoms with Crippen LogP contribution in [0.5, 0.6) is 11.6 Å². The maximum absolute atomic E-state index is 13.5. The molecule has 0 unspecified atom stereocenters. The van der Waals surface area contributed by atoms with Crippen LogP contribution in [0.15, 0.2) is 30.6 Å². The molecular weight excluding hydrogens is 245 g/mol. The average Bonchev–Trinajstić information content (AvgIpc) is 2.34. The lowest BCUT2D eigenvalue weighted by Crippen LogP contribution is -1.93. The van der Waals surface area contributed by atoms with Crippen molar-refractivity contribution in [3.63, 3.8) is 0 Å². The second kappa shape index (κ2) is 4.76. The number of hydrogen-bond donors (Lipinski definition) is 0. The lowest BCUT2D eigenvalue weighted by molar-refractivity contribution is 0.425.